The molecule has 0 aromatic carbocycles. The number of pyridine rings is 1. The lowest BCUT2D eigenvalue weighted by Crippen LogP contribution is -2.32. The molecule has 0 radical (unpaired) electrons. The van der Waals surface area contributed by atoms with Crippen LogP contribution in [0.4, 0.5) is 13.2 Å². The monoisotopic (exact) mass is 284 g/mol. The Balaban J connectivity index is 3.10. The summed E-state index contributed by atoms with van der Waals surface area (Å²) in [5.74, 6) is -0.400. The summed E-state index contributed by atoms with van der Waals surface area (Å²) in [6, 6.07) is 1.95. The fourth-order valence-electron chi connectivity index (χ4n) is 1.67. The van der Waals surface area contributed by atoms with Gasteiger partial charge in [0.25, 0.3) is 5.91 Å². The Morgan fingerprint density at radius 1 is 1.30 bits per heavy atom. The molecule has 108 valence electrons. The summed E-state index contributed by atoms with van der Waals surface area (Å²) in [7, 11) is 0. The summed E-state index contributed by atoms with van der Waals surface area (Å²) in [4.78, 5) is 17.1. The fourth-order valence-corrected chi connectivity index (χ4v) is 1.67. The highest BCUT2D eigenvalue weighted by atomic mass is 19.4. The first-order chi connectivity index (χ1) is 9.31. The third-order valence-corrected chi connectivity index (χ3v) is 2.59. The first-order valence-corrected chi connectivity index (χ1v) is 5.87. The zero-order chi connectivity index (χ0) is 15.3. The van der Waals surface area contributed by atoms with Gasteiger partial charge >= 0.3 is 6.18 Å². The molecule has 0 fully saturated rings. The molecule has 6 heteroatoms. The number of aromatic nitrogens is 1. The van der Waals surface area contributed by atoms with E-state index in [0.29, 0.717) is 0 Å². The van der Waals surface area contributed by atoms with Gasteiger partial charge in [0, 0.05) is 13.1 Å². The van der Waals surface area contributed by atoms with E-state index in [1.165, 1.54) is 24.0 Å². The third kappa shape index (κ3) is 3.69. The van der Waals surface area contributed by atoms with Crippen LogP contribution in [0, 0.1) is 6.92 Å². The zero-order valence-electron chi connectivity index (χ0n) is 11.1. The second-order valence-corrected chi connectivity index (χ2v) is 4.11. The first kappa shape index (κ1) is 15.9. The molecular weight excluding hydrogens is 269 g/mol. The van der Waals surface area contributed by atoms with Crippen LogP contribution < -0.4 is 0 Å². The van der Waals surface area contributed by atoms with Gasteiger partial charge in [0.2, 0.25) is 0 Å². The van der Waals surface area contributed by atoms with E-state index in [1.54, 1.807) is 0 Å². The molecule has 0 aliphatic heterocycles. The van der Waals surface area contributed by atoms with E-state index in [4.69, 9.17) is 0 Å². The molecule has 0 bridgehead atoms. The number of carbonyl (C=O) groups is 1. The Hall–Kier alpha value is -2.11. The highest BCUT2D eigenvalue weighted by molar-refractivity contribution is 5.95. The lowest BCUT2D eigenvalue weighted by Gasteiger charge is -2.20. The van der Waals surface area contributed by atoms with Gasteiger partial charge in [0.05, 0.1) is 11.3 Å². The maximum atomic E-state index is 12.5. The normalized spacial score (nSPS) is 11.0. The summed E-state index contributed by atoms with van der Waals surface area (Å²) in [5.41, 5.74) is -0.824. The van der Waals surface area contributed by atoms with Crippen molar-refractivity contribution in [2.45, 2.75) is 13.1 Å². The summed E-state index contributed by atoms with van der Waals surface area (Å²) in [6.45, 7) is 9.01. The summed E-state index contributed by atoms with van der Waals surface area (Å²) < 4.78 is 37.5. The quantitative estimate of drug-likeness (QED) is 0.778. The van der Waals surface area contributed by atoms with Crippen LogP contribution in [0.1, 0.15) is 21.7 Å². The molecule has 1 amide bonds. The van der Waals surface area contributed by atoms with Crippen LogP contribution in [0.15, 0.2) is 37.4 Å². The molecule has 1 rings (SSSR count). The van der Waals surface area contributed by atoms with Crippen LogP contribution in [-0.4, -0.2) is 28.9 Å². The van der Waals surface area contributed by atoms with Gasteiger partial charge in [-0.05, 0) is 19.1 Å². The fraction of sp³-hybridized carbons (Fsp3) is 0.286. The second-order valence-electron chi connectivity index (χ2n) is 4.11. The van der Waals surface area contributed by atoms with E-state index in [0.717, 1.165) is 12.1 Å². The maximum Gasteiger partial charge on any atom is 0.433 e. The topological polar surface area (TPSA) is 33.2 Å². The SMILES string of the molecule is C=CCN(CC=C)C(=O)c1ccc(C(F)(F)F)nc1C. The Kier molecular flexibility index (Phi) is 5.07. The van der Waals surface area contributed by atoms with Crippen molar-refractivity contribution in [3.63, 3.8) is 0 Å². The van der Waals surface area contributed by atoms with Crippen molar-refractivity contribution in [1.82, 2.24) is 9.88 Å². The highest BCUT2D eigenvalue weighted by Gasteiger charge is 2.33. The van der Waals surface area contributed by atoms with Gasteiger partial charge in [-0.25, -0.2) is 4.98 Å². The predicted octanol–water partition coefficient (Wildman–Crippen LogP) is 3.22. The number of hydrogen-bond acceptors (Lipinski definition) is 2. The average Bonchev–Trinajstić information content (AvgIpc) is 2.36. The molecule has 1 aromatic rings. The Morgan fingerprint density at radius 3 is 2.25 bits per heavy atom. The molecule has 0 unspecified atom stereocenters. The first-order valence-electron chi connectivity index (χ1n) is 5.87. The molecule has 1 aromatic heterocycles. The molecule has 3 nitrogen and oxygen atoms in total. The van der Waals surface area contributed by atoms with Crippen molar-refractivity contribution >= 4 is 5.91 Å². The van der Waals surface area contributed by atoms with Crippen LogP contribution >= 0.6 is 0 Å². The van der Waals surface area contributed by atoms with Crippen LogP contribution in [0.5, 0.6) is 0 Å². The summed E-state index contributed by atoms with van der Waals surface area (Å²) in [6.07, 6.45) is -1.45. The molecular formula is C14H15F3N2O. The minimum absolute atomic E-state index is 0.0444. The van der Waals surface area contributed by atoms with Gasteiger partial charge < -0.3 is 4.90 Å². The van der Waals surface area contributed by atoms with Crippen molar-refractivity contribution < 1.29 is 18.0 Å². The van der Waals surface area contributed by atoms with E-state index >= 15 is 0 Å². The number of rotatable bonds is 5. The number of nitrogens with zero attached hydrogens (tertiary/aromatic N) is 2. The zero-order valence-corrected chi connectivity index (χ0v) is 11.1. The minimum Gasteiger partial charge on any atom is -0.331 e. The minimum atomic E-state index is -4.52. The number of alkyl halides is 3. The van der Waals surface area contributed by atoms with E-state index < -0.39 is 17.8 Å². The van der Waals surface area contributed by atoms with E-state index in [-0.39, 0.29) is 24.3 Å². The van der Waals surface area contributed by atoms with Crippen LogP contribution in [0.3, 0.4) is 0 Å². The Labute approximate surface area is 115 Å². The van der Waals surface area contributed by atoms with E-state index in [9.17, 15) is 18.0 Å². The highest BCUT2D eigenvalue weighted by Crippen LogP contribution is 2.28. The Morgan fingerprint density at radius 2 is 1.85 bits per heavy atom. The third-order valence-electron chi connectivity index (χ3n) is 2.59. The van der Waals surface area contributed by atoms with Crippen LogP contribution in [-0.2, 0) is 6.18 Å². The summed E-state index contributed by atoms with van der Waals surface area (Å²) >= 11 is 0. The van der Waals surface area contributed by atoms with Crippen molar-refractivity contribution in [3.8, 4) is 0 Å². The van der Waals surface area contributed by atoms with Gasteiger partial charge in [0.15, 0.2) is 0 Å². The number of hydrogen-bond donors (Lipinski definition) is 0. The van der Waals surface area contributed by atoms with Gasteiger partial charge in [-0.3, -0.25) is 4.79 Å². The van der Waals surface area contributed by atoms with Crippen LogP contribution in [0.2, 0.25) is 0 Å². The molecule has 0 N–H and O–H groups in total. The molecule has 0 aliphatic carbocycles. The van der Waals surface area contributed by atoms with Crippen molar-refractivity contribution in [1.29, 1.82) is 0 Å². The van der Waals surface area contributed by atoms with Crippen LogP contribution in [0.25, 0.3) is 0 Å². The molecule has 0 spiro atoms. The standard InChI is InChI=1S/C14H15F3N2O/c1-4-8-19(9-5-2)13(20)11-6-7-12(14(15,16)17)18-10(11)3/h4-7H,1-2,8-9H2,3H3. The van der Waals surface area contributed by atoms with Gasteiger partial charge in [-0.15, -0.1) is 13.2 Å². The second kappa shape index (κ2) is 6.36. The molecule has 0 aliphatic rings. The van der Waals surface area contributed by atoms with E-state index in [2.05, 4.69) is 18.1 Å². The largest absolute Gasteiger partial charge is 0.433 e. The summed E-state index contributed by atoms with van der Waals surface area (Å²) in [5, 5.41) is 0. The number of amides is 1. The number of aryl methyl sites for hydroxylation is 1. The Bertz CT molecular complexity index is 514. The number of halogens is 3. The van der Waals surface area contributed by atoms with Crippen molar-refractivity contribution in [3.05, 3.63) is 54.4 Å². The molecule has 0 saturated carbocycles. The number of carbonyl (C=O) groups excluding carboxylic acids is 1. The molecule has 0 atom stereocenters. The molecule has 20 heavy (non-hydrogen) atoms. The van der Waals surface area contributed by atoms with E-state index in [1.807, 2.05) is 0 Å². The predicted molar refractivity (Wildman–Crippen MR) is 70.3 cm³/mol. The van der Waals surface area contributed by atoms with Gasteiger partial charge in [-0.2, -0.15) is 13.2 Å². The van der Waals surface area contributed by atoms with Crippen molar-refractivity contribution in [2.75, 3.05) is 13.1 Å². The lowest BCUT2D eigenvalue weighted by atomic mass is 10.1. The lowest BCUT2D eigenvalue weighted by molar-refractivity contribution is -0.141. The van der Waals surface area contributed by atoms with Crippen molar-refractivity contribution in [2.24, 2.45) is 0 Å². The molecule has 1 heterocycles. The average molecular weight is 284 g/mol. The smallest absolute Gasteiger partial charge is 0.331 e. The molecule has 0 saturated heterocycles. The van der Waals surface area contributed by atoms with Gasteiger partial charge in [-0.1, -0.05) is 12.2 Å². The maximum absolute atomic E-state index is 12.5. The van der Waals surface area contributed by atoms with Gasteiger partial charge in [0.1, 0.15) is 5.69 Å².